The van der Waals surface area contributed by atoms with Crippen LogP contribution < -0.4 is 20.1 Å². The molecule has 0 radical (unpaired) electrons. The number of hydrogen-bond acceptors (Lipinski definition) is 6. The van der Waals surface area contributed by atoms with Crippen LogP contribution >= 0.6 is 11.6 Å². The highest BCUT2D eigenvalue weighted by Gasteiger charge is 2.35. The predicted molar refractivity (Wildman–Crippen MR) is 121 cm³/mol. The van der Waals surface area contributed by atoms with Crippen molar-refractivity contribution < 1.29 is 23.5 Å². The van der Waals surface area contributed by atoms with Gasteiger partial charge in [-0.25, -0.2) is 4.98 Å². The Hall–Kier alpha value is -3.52. The number of hydrogen-bond donors (Lipinski definition) is 1. The molecule has 0 atom stereocenters. The fourth-order valence-electron chi connectivity index (χ4n) is 3.31. The quantitative estimate of drug-likeness (QED) is 0.511. The van der Waals surface area contributed by atoms with Crippen molar-refractivity contribution in [3.8, 4) is 22.8 Å². The van der Waals surface area contributed by atoms with E-state index in [-0.39, 0.29) is 6.61 Å². The van der Waals surface area contributed by atoms with E-state index in [1.807, 2.05) is 13.8 Å². The largest absolute Gasteiger partial charge is 0.496 e. The van der Waals surface area contributed by atoms with Gasteiger partial charge in [0.1, 0.15) is 11.5 Å². The van der Waals surface area contributed by atoms with Gasteiger partial charge < -0.3 is 19.6 Å². The molecule has 2 N–H and O–H groups in total. The van der Waals surface area contributed by atoms with Gasteiger partial charge in [0.2, 0.25) is 0 Å². The second-order valence-electron chi connectivity index (χ2n) is 7.62. The lowest BCUT2D eigenvalue weighted by molar-refractivity contribution is -0.136. The third-order valence-electron chi connectivity index (χ3n) is 4.94. The molecule has 3 aromatic rings. The van der Waals surface area contributed by atoms with Crippen LogP contribution in [0.15, 0.2) is 59.5 Å². The van der Waals surface area contributed by atoms with Crippen molar-refractivity contribution in [2.75, 3.05) is 18.6 Å². The standard InChI is InChI=1S/C23H24ClN3O5/c1-23(2,9-10-31-17-6-4-5-15(24)11-17)27(22(29)21(25)28)16-7-8-18(19(12-16)30-3)20-13-26-14-32-20/h4-8,11-14H,9-10H2,1-3H3,(H2,25,28). The lowest BCUT2D eigenvalue weighted by Gasteiger charge is -2.38. The summed E-state index contributed by atoms with van der Waals surface area (Å²) in [7, 11) is 1.50. The van der Waals surface area contributed by atoms with E-state index in [4.69, 9.17) is 31.2 Å². The van der Waals surface area contributed by atoms with Crippen LogP contribution in [0.3, 0.4) is 0 Å². The Morgan fingerprint density at radius 2 is 2.00 bits per heavy atom. The van der Waals surface area contributed by atoms with Crippen LogP contribution in [0.4, 0.5) is 5.69 Å². The SMILES string of the molecule is COc1cc(N(C(=O)C(N)=O)C(C)(C)CCOc2cccc(Cl)c2)ccc1-c1cnco1. The Morgan fingerprint density at radius 1 is 1.22 bits per heavy atom. The van der Waals surface area contributed by atoms with Gasteiger partial charge in [-0.1, -0.05) is 17.7 Å². The summed E-state index contributed by atoms with van der Waals surface area (Å²) in [4.78, 5) is 29.9. The first kappa shape index (κ1) is 23.1. The first-order chi connectivity index (χ1) is 15.2. The number of methoxy groups -OCH3 is 1. The van der Waals surface area contributed by atoms with E-state index in [1.165, 1.54) is 18.4 Å². The molecule has 9 heteroatoms. The predicted octanol–water partition coefficient (Wildman–Crippen LogP) is 4.07. The van der Waals surface area contributed by atoms with Gasteiger partial charge in [-0.05, 0) is 44.2 Å². The monoisotopic (exact) mass is 457 g/mol. The third kappa shape index (κ3) is 5.20. The number of nitrogens with two attached hydrogens (primary N) is 1. The maximum atomic E-state index is 12.8. The smallest absolute Gasteiger partial charge is 0.316 e. The molecule has 8 nitrogen and oxygen atoms in total. The highest BCUT2D eigenvalue weighted by atomic mass is 35.5. The number of benzene rings is 2. The zero-order valence-electron chi connectivity index (χ0n) is 18.0. The van der Waals surface area contributed by atoms with Gasteiger partial charge in [0.05, 0.1) is 25.5 Å². The minimum absolute atomic E-state index is 0.281. The molecule has 0 aliphatic heterocycles. The summed E-state index contributed by atoms with van der Waals surface area (Å²) in [6.45, 7) is 3.93. The highest BCUT2D eigenvalue weighted by molar-refractivity contribution is 6.40. The van der Waals surface area contributed by atoms with E-state index in [1.54, 1.807) is 48.7 Å². The van der Waals surface area contributed by atoms with Crippen LogP contribution in [-0.2, 0) is 9.59 Å². The molecule has 32 heavy (non-hydrogen) atoms. The molecule has 1 aromatic heterocycles. The van der Waals surface area contributed by atoms with Crippen LogP contribution in [0, 0.1) is 0 Å². The van der Waals surface area contributed by atoms with E-state index in [2.05, 4.69) is 4.98 Å². The van der Waals surface area contributed by atoms with Crippen molar-refractivity contribution in [2.24, 2.45) is 5.73 Å². The molecule has 2 amide bonds. The number of rotatable bonds is 8. The van der Waals surface area contributed by atoms with E-state index >= 15 is 0 Å². The fraction of sp³-hybridized carbons (Fsp3) is 0.261. The van der Waals surface area contributed by atoms with Crippen LogP contribution in [0.25, 0.3) is 11.3 Å². The van der Waals surface area contributed by atoms with E-state index in [0.717, 1.165) is 0 Å². The summed E-state index contributed by atoms with van der Waals surface area (Å²) in [5.41, 5.74) is 5.64. The summed E-state index contributed by atoms with van der Waals surface area (Å²) >= 11 is 5.99. The molecule has 1 heterocycles. The number of ether oxygens (including phenoxy) is 2. The summed E-state index contributed by atoms with van der Waals surface area (Å²) in [5, 5.41) is 0.561. The van der Waals surface area contributed by atoms with Crippen LogP contribution in [0.1, 0.15) is 20.3 Å². The van der Waals surface area contributed by atoms with E-state index in [9.17, 15) is 9.59 Å². The second kappa shape index (κ2) is 9.74. The molecule has 168 valence electrons. The van der Waals surface area contributed by atoms with Crippen LogP contribution in [-0.4, -0.2) is 36.1 Å². The summed E-state index contributed by atoms with van der Waals surface area (Å²) in [6.07, 6.45) is 3.28. The Bertz CT molecular complexity index is 1100. The first-order valence-electron chi connectivity index (χ1n) is 9.82. The van der Waals surface area contributed by atoms with E-state index in [0.29, 0.717) is 40.0 Å². The molecule has 0 saturated carbocycles. The second-order valence-corrected chi connectivity index (χ2v) is 8.06. The normalized spacial score (nSPS) is 11.1. The molecule has 3 rings (SSSR count). The van der Waals surface area contributed by atoms with Gasteiger partial charge >= 0.3 is 11.8 Å². The average Bonchev–Trinajstić information content (AvgIpc) is 3.28. The number of oxazole rings is 1. The number of carbonyl (C=O) groups is 2. The molecule has 0 unspecified atom stereocenters. The molecule has 0 aliphatic carbocycles. The van der Waals surface area contributed by atoms with Crippen LogP contribution in [0.5, 0.6) is 11.5 Å². The molecule has 0 bridgehead atoms. The van der Waals surface area contributed by atoms with Crippen molar-refractivity contribution in [2.45, 2.75) is 25.8 Å². The van der Waals surface area contributed by atoms with Gasteiger partial charge in [-0.15, -0.1) is 0 Å². The minimum atomic E-state index is -1.06. The Morgan fingerprint density at radius 3 is 2.62 bits per heavy atom. The fourth-order valence-corrected chi connectivity index (χ4v) is 3.49. The summed E-state index contributed by atoms with van der Waals surface area (Å²) in [5.74, 6) is -0.332. The van der Waals surface area contributed by atoms with Crippen molar-refractivity contribution in [3.05, 3.63) is 60.1 Å². The summed E-state index contributed by atoms with van der Waals surface area (Å²) < 4.78 is 16.6. The lowest BCUT2D eigenvalue weighted by atomic mass is 9.96. The summed E-state index contributed by atoms with van der Waals surface area (Å²) in [6, 6.07) is 12.1. The van der Waals surface area contributed by atoms with E-state index < -0.39 is 17.4 Å². The van der Waals surface area contributed by atoms with Gasteiger partial charge in [0.15, 0.2) is 12.2 Å². The third-order valence-corrected chi connectivity index (χ3v) is 5.17. The highest BCUT2D eigenvalue weighted by Crippen LogP contribution is 2.36. The number of halogens is 1. The average molecular weight is 458 g/mol. The zero-order chi connectivity index (χ0) is 23.3. The maximum Gasteiger partial charge on any atom is 0.316 e. The number of anilines is 1. The zero-order valence-corrected chi connectivity index (χ0v) is 18.8. The minimum Gasteiger partial charge on any atom is -0.496 e. The molecule has 0 aliphatic rings. The van der Waals surface area contributed by atoms with Crippen molar-refractivity contribution in [1.82, 2.24) is 4.98 Å². The maximum absolute atomic E-state index is 12.8. The topological polar surface area (TPSA) is 108 Å². The van der Waals surface area contributed by atoms with Crippen molar-refractivity contribution >= 4 is 29.1 Å². The molecule has 0 saturated heterocycles. The Balaban J connectivity index is 1.88. The molecular formula is C23H24ClN3O5. The van der Waals surface area contributed by atoms with Gasteiger partial charge in [-0.2, -0.15) is 0 Å². The van der Waals surface area contributed by atoms with Crippen LogP contribution in [0.2, 0.25) is 5.02 Å². The molecular weight excluding hydrogens is 434 g/mol. The van der Waals surface area contributed by atoms with Crippen molar-refractivity contribution in [1.29, 1.82) is 0 Å². The Kier molecular flexibility index (Phi) is 7.05. The molecule has 0 fully saturated rings. The number of aromatic nitrogens is 1. The van der Waals surface area contributed by atoms with Gasteiger partial charge in [0.25, 0.3) is 0 Å². The lowest BCUT2D eigenvalue weighted by Crippen LogP contribution is -2.53. The number of primary amides is 1. The Labute approximate surface area is 190 Å². The number of nitrogens with zero attached hydrogens (tertiary/aromatic N) is 2. The number of carbonyl (C=O) groups excluding carboxylic acids is 2. The first-order valence-corrected chi connectivity index (χ1v) is 10.2. The van der Waals surface area contributed by atoms with Gasteiger partial charge in [0, 0.05) is 28.7 Å². The van der Waals surface area contributed by atoms with Gasteiger partial charge in [-0.3, -0.25) is 14.5 Å². The molecule has 2 aromatic carbocycles. The van der Waals surface area contributed by atoms with Crippen molar-refractivity contribution in [3.63, 3.8) is 0 Å². The molecule has 0 spiro atoms. The number of amides is 2.